The molecule has 5 nitrogen and oxygen atoms in total. The van der Waals surface area contributed by atoms with Crippen LogP contribution in [0.5, 0.6) is 0 Å². The average Bonchev–Trinajstić information content (AvgIpc) is 3.07. The number of aromatic nitrogens is 4. The topological polar surface area (TPSA) is 55.6 Å². The average molecular weight is 303 g/mol. The van der Waals surface area contributed by atoms with E-state index in [1.165, 1.54) is 41.3 Å². The van der Waals surface area contributed by atoms with Gasteiger partial charge in [0.15, 0.2) is 0 Å². The third kappa shape index (κ3) is 2.51. The van der Waals surface area contributed by atoms with Gasteiger partial charge in [0, 0.05) is 23.9 Å². The van der Waals surface area contributed by atoms with Gasteiger partial charge in [-0.3, -0.25) is 0 Å². The van der Waals surface area contributed by atoms with E-state index in [1.807, 2.05) is 11.3 Å². The molecule has 6 heteroatoms. The lowest BCUT2D eigenvalue weighted by Gasteiger charge is -2.23. The Labute approximate surface area is 128 Å². The minimum Gasteiger partial charge on any atom is -0.314 e. The summed E-state index contributed by atoms with van der Waals surface area (Å²) < 4.78 is 2.30. The maximum atomic E-state index is 4.66. The summed E-state index contributed by atoms with van der Waals surface area (Å²) in [7, 11) is 0. The molecule has 1 unspecified atom stereocenters. The first-order valence-electron chi connectivity index (χ1n) is 7.92. The molecule has 3 heterocycles. The summed E-state index contributed by atoms with van der Waals surface area (Å²) in [5.41, 5.74) is 1.31. The smallest absolute Gasteiger partial charge is 0.147 e. The van der Waals surface area contributed by atoms with Crippen molar-refractivity contribution >= 4 is 11.3 Å². The molecule has 2 aromatic heterocycles. The van der Waals surface area contributed by atoms with Crippen molar-refractivity contribution in [3.05, 3.63) is 27.2 Å². The van der Waals surface area contributed by atoms with Gasteiger partial charge in [0.05, 0.1) is 17.2 Å². The minimum absolute atomic E-state index is 0.441. The van der Waals surface area contributed by atoms with Crippen molar-refractivity contribution in [1.29, 1.82) is 0 Å². The highest BCUT2D eigenvalue weighted by atomic mass is 32.1. The molecule has 112 valence electrons. The zero-order chi connectivity index (χ0) is 14.2. The van der Waals surface area contributed by atoms with Crippen LogP contribution in [0.25, 0.3) is 0 Å². The molecule has 1 aliphatic carbocycles. The Hall–Kier alpha value is -1.27. The number of hydrogen-bond donors (Lipinski definition) is 1. The zero-order valence-corrected chi connectivity index (χ0v) is 13.2. The molecular formula is C15H21N5S. The minimum atomic E-state index is 0.441. The molecule has 1 N–H and O–H groups in total. The quantitative estimate of drug-likeness (QED) is 0.947. The summed E-state index contributed by atoms with van der Waals surface area (Å²) >= 11 is 1.85. The van der Waals surface area contributed by atoms with Gasteiger partial charge in [0.25, 0.3) is 0 Å². The number of rotatable bonds is 3. The molecule has 1 atom stereocenters. The van der Waals surface area contributed by atoms with Gasteiger partial charge < -0.3 is 9.88 Å². The van der Waals surface area contributed by atoms with Crippen LogP contribution in [0.4, 0.5) is 0 Å². The highest BCUT2D eigenvalue weighted by Crippen LogP contribution is 2.34. The van der Waals surface area contributed by atoms with Crippen LogP contribution >= 0.6 is 11.3 Å². The highest BCUT2D eigenvalue weighted by Gasteiger charge is 2.24. The van der Waals surface area contributed by atoms with Gasteiger partial charge in [0.1, 0.15) is 11.6 Å². The first kappa shape index (κ1) is 13.4. The number of aryl methyl sites for hydroxylation is 3. The fraction of sp³-hybridized carbons (Fsp3) is 0.667. The van der Waals surface area contributed by atoms with E-state index in [0.717, 1.165) is 37.6 Å². The zero-order valence-electron chi connectivity index (χ0n) is 12.4. The predicted molar refractivity (Wildman–Crippen MR) is 82.3 cm³/mol. The second-order valence-electron chi connectivity index (χ2n) is 6.01. The molecule has 0 bridgehead atoms. The second-order valence-corrected chi connectivity index (χ2v) is 7.25. The van der Waals surface area contributed by atoms with Gasteiger partial charge in [-0.15, -0.1) is 21.5 Å². The molecule has 2 aromatic rings. The first-order valence-corrected chi connectivity index (χ1v) is 8.73. The Kier molecular flexibility index (Phi) is 3.51. The first-order chi connectivity index (χ1) is 10.3. The van der Waals surface area contributed by atoms with Gasteiger partial charge in [-0.2, -0.15) is 0 Å². The Morgan fingerprint density at radius 1 is 1.24 bits per heavy atom. The fourth-order valence-corrected chi connectivity index (χ4v) is 4.53. The normalized spacial score (nSPS) is 21.1. The van der Waals surface area contributed by atoms with E-state index in [0.29, 0.717) is 6.04 Å². The van der Waals surface area contributed by atoms with Crippen LogP contribution in [0.3, 0.4) is 0 Å². The number of nitrogens with zero attached hydrogens (tertiary/aromatic N) is 4. The molecule has 0 radical (unpaired) electrons. The third-order valence-corrected chi connectivity index (χ3v) is 5.63. The van der Waals surface area contributed by atoms with Crippen LogP contribution in [0.1, 0.15) is 59.0 Å². The molecule has 0 amide bonds. The molecule has 4 rings (SSSR count). The molecule has 0 fully saturated rings. The van der Waals surface area contributed by atoms with E-state index in [9.17, 15) is 0 Å². The van der Waals surface area contributed by atoms with Crippen molar-refractivity contribution in [3.63, 3.8) is 0 Å². The number of nitrogens with one attached hydrogen (secondary N) is 1. The molecule has 1 aliphatic heterocycles. The molecule has 0 aromatic carbocycles. The molecule has 0 saturated carbocycles. The number of thiazole rings is 1. The van der Waals surface area contributed by atoms with Gasteiger partial charge in [-0.1, -0.05) is 0 Å². The van der Waals surface area contributed by atoms with Crippen LogP contribution in [0.2, 0.25) is 0 Å². The third-order valence-electron chi connectivity index (χ3n) is 4.50. The molecule has 0 spiro atoms. The summed E-state index contributed by atoms with van der Waals surface area (Å²) in [5, 5.41) is 13.6. The Morgan fingerprint density at radius 3 is 3.14 bits per heavy atom. The molecule has 21 heavy (non-hydrogen) atoms. The van der Waals surface area contributed by atoms with E-state index in [1.54, 1.807) is 0 Å². The fourth-order valence-electron chi connectivity index (χ4n) is 3.45. The number of fused-ring (bicyclic) bond motifs is 2. The second kappa shape index (κ2) is 5.50. The monoisotopic (exact) mass is 303 g/mol. The van der Waals surface area contributed by atoms with Crippen molar-refractivity contribution < 1.29 is 0 Å². The van der Waals surface area contributed by atoms with Crippen LogP contribution in [-0.4, -0.2) is 19.7 Å². The lowest BCUT2D eigenvalue weighted by molar-refractivity contribution is 0.439. The van der Waals surface area contributed by atoms with Crippen molar-refractivity contribution in [3.8, 4) is 0 Å². The predicted octanol–water partition coefficient (Wildman–Crippen LogP) is 2.55. The Bertz CT molecular complexity index is 645. The van der Waals surface area contributed by atoms with Gasteiger partial charge in [-0.25, -0.2) is 4.98 Å². The van der Waals surface area contributed by atoms with Crippen molar-refractivity contribution in [2.75, 3.05) is 0 Å². The van der Waals surface area contributed by atoms with Gasteiger partial charge >= 0.3 is 0 Å². The molecular weight excluding hydrogens is 282 g/mol. The van der Waals surface area contributed by atoms with E-state index in [-0.39, 0.29) is 0 Å². The maximum absolute atomic E-state index is 4.66. The largest absolute Gasteiger partial charge is 0.314 e. The number of hydrogen-bond acceptors (Lipinski definition) is 5. The van der Waals surface area contributed by atoms with Gasteiger partial charge in [-0.05, 0) is 39.0 Å². The SMILES string of the molecule is Cc1nc2c(s1)C(NCc1nnc3n1CCCC3)CCC2. The van der Waals surface area contributed by atoms with Crippen LogP contribution in [0.15, 0.2) is 0 Å². The van der Waals surface area contributed by atoms with E-state index >= 15 is 0 Å². The van der Waals surface area contributed by atoms with E-state index in [2.05, 4.69) is 32.0 Å². The maximum Gasteiger partial charge on any atom is 0.147 e. The van der Waals surface area contributed by atoms with Crippen molar-refractivity contribution in [1.82, 2.24) is 25.1 Å². The van der Waals surface area contributed by atoms with Crippen LogP contribution in [0, 0.1) is 6.92 Å². The standard InChI is InChI=1S/C15H21N5S/c1-10-17-12-6-4-5-11(15(12)21-10)16-9-14-19-18-13-7-2-3-8-20(13)14/h11,16H,2-9H2,1H3. The Morgan fingerprint density at radius 2 is 2.19 bits per heavy atom. The lowest BCUT2D eigenvalue weighted by atomic mass is 9.98. The van der Waals surface area contributed by atoms with Gasteiger partial charge in [0.2, 0.25) is 0 Å². The summed E-state index contributed by atoms with van der Waals surface area (Å²) in [4.78, 5) is 6.10. The summed E-state index contributed by atoms with van der Waals surface area (Å²) in [6.45, 7) is 4.00. The van der Waals surface area contributed by atoms with Crippen molar-refractivity contribution in [2.45, 2.75) is 64.6 Å². The van der Waals surface area contributed by atoms with Crippen LogP contribution in [-0.2, 0) is 25.9 Å². The Balaban J connectivity index is 1.49. The highest BCUT2D eigenvalue weighted by molar-refractivity contribution is 7.11. The summed E-state index contributed by atoms with van der Waals surface area (Å²) in [6.07, 6.45) is 7.14. The van der Waals surface area contributed by atoms with E-state index in [4.69, 9.17) is 0 Å². The lowest BCUT2D eigenvalue weighted by Crippen LogP contribution is -2.26. The van der Waals surface area contributed by atoms with E-state index < -0.39 is 0 Å². The summed E-state index contributed by atoms with van der Waals surface area (Å²) in [5.74, 6) is 2.26. The summed E-state index contributed by atoms with van der Waals surface area (Å²) in [6, 6.07) is 0.441. The molecule has 0 saturated heterocycles. The molecule has 2 aliphatic rings. The van der Waals surface area contributed by atoms with Crippen molar-refractivity contribution in [2.24, 2.45) is 0 Å². The van der Waals surface area contributed by atoms with Crippen LogP contribution < -0.4 is 5.32 Å².